The first kappa shape index (κ1) is 43.8. The van der Waals surface area contributed by atoms with E-state index in [1.807, 2.05) is 30.3 Å². The molecule has 2 atom stereocenters. The summed E-state index contributed by atoms with van der Waals surface area (Å²) in [5.41, 5.74) is 5.68. The Balaban J connectivity index is 1.18. The van der Waals surface area contributed by atoms with Crippen LogP contribution < -0.4 is 18.9 Å². The first-order chi connectivity index (χ1) is 30.7. The van der Waals surface area contributed by atoms with Gasteiger partial charge in [-0.3, -0.25) is 14.5 Å². The van der Waals surface area contributed by atoms with E-state index in [1.165, 1.54) is 20.3 Å². The average molecular weight is 855 g/mol. The van der Waals surface area contributed by atoms with E-state index in [1.54, 1.807) is 70.5 Å². The number of carbonyl (C=O) groups is 4. The van der Waals surface area contributed by atoms with E-state index < -0.39 is 30.1 Å². The third-order valence-corrected chi connectivity index (χ3v) is 11.2. The average Bonchev–Trinajstić information content (AvgIpc) is 3.89. The molecule has 7 rings (SSSR count). The molecule has 0 saturated carbocycles. The van der Waals surface area contributed by atoms with Gasteiger partial charge in [-0.15, -0.1) is 0 Å². The number of likely N-dealkylation sites (tertiary alicyclic amines) is 1. The smallest absolute Gasteiger partial charge is 0.410 e. The number of carbonyl (C=O) groups excluding carboxylic acids is 3. The molecular weight excluding hydrogens is 805 g/mol. The minimum absolute atomic E-state index is 0.0276. The van der Waals surface area contributed by atoms with Gasteiger partial charge in [0.2, 0.25) is 0 Å². The number of hydrogen-bond acceptors (Lipinski definition) is 10. The van der Waals surface area contributed by atoms with Crippen LogP contribution in [-0.4, -0.2) is 98.1 Å². The Kier molecular flexibility index (Phi) is 14.3. The van der Waals surface area contributed by atoms with Crippen LogP contribution in [0.2, 0.25) is 0 Å². The molecule has 1 fully saturated rings. The second kappa shape index (κ2) is 20.5. The number of hydrogen-bond donors (Lipinski definition) is 1. The Labute approximate surface area is 366 Å². The van der Waals surface area contributed by atoms with Crippen molar-refractivity contribution in [2.75, 3.05) is 47.2 Å². The fraction of sp³-hybridized carbons (Fsp3) is 0.280. The van der Waals surface area contributed by atoms with Crippen LogP contribution in [0.3, 0.4) is 0 Å². The van der Waals surface area contributed by atoms with Crippen molar-refractivity contribution >= 4 is 23.9 Å². The maximum absolute atomic E-state index is 14.7. The number of fused-ring (bicyclic) bond motifs is 3. The van der Waals surface area contributed by atoms with E-state index in [0.717, 1.165) is 22.3 Å². The zero-order valence-corrected chi connectivity index (χ0v) is 35.3. The van der Waals surface area contributed by atoms with Gasteiger partial charge in [0.05, 0.1) is 50.6 Å². The highest BCUT2D eigenvalue weighted by atomic mass is 16.6. The number of ether oxygens (including phenoxy) is 6. The van der Waals surface area contributed by atoms with E-state index in [2.05, 4.69) is 30.8 Å². The summed E-state index contributed by atoms with van der Waals surface area (Å²) >= 11 is 0. The standard InChI is InChI=1S/C50H50N2O11/c1-4-23-61-49(56)34-16-12-17-37(25-34)62-31-36-26-35(29-52(36)50(57)63-32-44-41-20-10-8-18-39(41)40-19-9-11-21-42(40)44)51(48(55)33-14-6-5-7-15-33)30-43-45(58-2)27-38(28-46(43)59-3)60-24-13-22-47(53)54/h4-12,14-21,25,27-28,35-36,44H,1,13,22-24,26,29-32H2,2-3H3,(H,53,54)/t35-,36+/m1/s1. The van der Waals surface area contributed by atoms with Gasteiger partial charge in [0.1, 0.15) is 42.8 Å². The summed E-state index contributed by atoms with van der Waals surface area (Å²) in [4.78, 5) is 56.1. The van der Waals surface area contributed by atoms with Crippen molar-refractivity contribution in [2.45, 2.75) is 43.8 Å². The number of aliphatic carboxylic acids is 1. The van der Waals surface area contributed by atoms with Gasteiger partial charge in [0, 0.05) is 36.6 Å². The fourth-order valence-electron chi connectivity index (χ4n) is 8.20. The molecular formula is C50H50N2O11. The molecule has 13 heteroatoms. The molecule has 1 heterocycles. The molecule has 1 aliphatic carbocycles. The maximum Gasteiger partial charge on any atom is 0.410 e. The predicted octanol–water partition coefficient (Wildman–Crippen LogP) is 8.40. The van der Waals surface area contributed by atoms with Gasteiger partial charge < -0.3 is 38.4 Å². The molecule has 2 aliphatic rings. The number of carboxylic acids is 1. The Hall–Kier alpha value is -7.28. The second-order valence-electron chi connectivity index (χ2n) is 15.2. The fourth-order valence-corrected chi connectivity index (χ4v) is 8.20. The summed E-state index contributed by atoms with van der Waals surface area (Å²) in [7, 11) is 3.01. The summed E-state index contributed by atoms with van der Waals surface area (Å²) in [6, 6.07) is 34.0. The number of rotatable bonds is 19. The van der Waals surface area contributed by atoms with E-state index in [-0.39, 0.29) is 57.8 Å². The number of carboxylic acid groups (broad SMARTS) is 1. The van der Waals surface area contributed by atoms with Crippen LogP contribution in [0.5, 0.6) is 23.0 Å². The normalized spacial score (nSPS) is 15.1. The van der Waals surface area contributed by atoms with Crippen LogP contribution in [-0.2, 0) is 20.8 Å². The third-order valence-electron chi connectivity index (χ3n) is 11.2. The van der Waals surface area contributed by atoms with Crippen LogP contribution in [0, 0.1) is 0 Å². The summed E-state index contributed by atoms with van der Waals surface area (Å²) in [5, 5.41) is 9.06. The lowest BCUT2D eigenvalue weighted by atomic mass is 9.98. The van der Waals surface area contributed by atoms with Crippen LogP contribution >= 0.6 is 0 Å². The van der Waals surface area contributed by atoms with Crippen molar-refractivity contribution < 1.29 is 52.7 Å². The maximum atomic E-state index is 14.7. The lowest BCUT2D eigenvalue weighted by Crippen LogP contribution is -2.43. The van der Waals surface area contributed by atoms with Crippen molar-refractivity contribution in [3.8, 4) is 34.1 Å². The van der Waals surface area contributed by atoms with Crippen molar-refractivity contribution in [3.63, 3.8) is 0 Å². The number of amides is 2. The Morgan fingerprint density at radius 1 is 0.762 bits per heavy atom. The topological polar surface area (TPSA) is 150 Å². The first-order valence-electron chi connectivity index (χ1n) is 20.8. The Morgan fingerprint density at radius 3 is 2.06 bits per heavy atom. The van der Waals surface area contributed by atoms with E-state index in [9.17, 15) is 19.2 Å². The molecule has 63 heavy (non-hydrogen) atoms. The van der Waals surface area contributed by atoms with E-state index in [0.29, 0.717) is 52.5 Å². The second-order valence-corrected chi connectivity index (χ2v) is 15.2. The Bertz CT molecular complexity index is 2370. The summed E-state index contributed by atoms with van der Waals surface area (Å²) < 4.78 is 35.3. The number of benzene rings is 5. The van der Waals surface area contributed by atoms with Crippen molar-refractivity contribution in [1.29, 1.82) is 0 Å². The highest BCUT2D eigenvalue weighted by Crippen LogP contribution is 2.45. The van der Waals surface area contributed by atoms with Gasteiger partial charge in [0.25, 0.3) is 5.91 Å². The molecule has 1 aliphatic heterocycles. The number of nitrogens with zero attached hydrogens (tertiary/aromatic N) is 2. The van der Waals surface area contributed by atoms with Crippen LogP contribution in [0.15, 0.2) is 128 Å². The lowest BCUT2D eigenvalue weighted by Gasteiger charge is -2.30. The van der Waals surface area contributed by atoms with Crippen LogP contribution in [0.25, 0.3) is 11.1 Å². The van der Waals surface area contributed by atoms with E-state index >= 15 is 0 Å². The zero-order chi connectivity index (χ0) is 44.3. The van der Waals surface area contributed by atoms with Gasteiger partial charge in [-0.2, -0.15) is 0 Å². The van der Waals surface area contributed by atoms with Crippen molar-refractivity contribution in [3.05, 3.63) is 156 Å². The number of esters is 1. The van der Waals surface area contributed by atoms with Crippen molar-refractivity contribution in [1.82, 2.24) is 9.80 Å². The highest BCUT2D eigenvalue weighted by molar-refractivity contribution is 5.94. The number of methoxy groups -OCH3 is 2. The molecule has 0 aromatic heterocycles. The molecule has 0 unspecified atom stereocenters. The molecule has 1 N–H and O–H groups in total. The lowest BCUT2D eigenvalue weighted by molar-refractivity contribution is -0.137. The summed E-state index contributed by atoms with van der Waals surface area (Å²) in [5.74, 6) is -0.289. The summed E-state index contributed by atoms with van der Waals surface area (Å²) in [6.07, 6.45) is 1.52. The molecule has 0 spiro atoms. The molecule has 13 nitrogen and oxygen atoms in total. The van der Waals surface area contributed by atoms with Crippen LogP contribution in [0.4, 0.5) is 4.79 Å². The molecule has 1 saturated heterocycles. The SMILES string of the molecule is C=CCOC(=O)c1cccc(OC[C@@H]2C[C@@H](N(Cc3c(OC)cc(OCCCC(=O)O)cc3OC)C(=O)c3ccccc3)CN2C(=O)OCC2c3ccccc3-c3ccccc32)c1. The van der Waals surface area contributed by atoms with Gasteiger partial charge in [-0.25, -0.2) is 9.59 Å². The molecule has 326 valence electrons. The summed E-state index contributed by atoms with van der Waals surface area (Å²) in [6.45, 7) is 4.10. The quantitative estimate of drug-likeness (QED) is 0.0485. The molecule has 0 radical (unpaired) electrons. The van der Waals surface area contributed by atoms with Gasteiger partial charge in [-0.05, 0) is 65.4 Å². The van der Waals surface area contributed by atoms with E-state index in [4.69, 9.17) is 33.5 Å². The first-order valence-corrected chi connectivity index (χ1v) is 20.8. The van der Waals surface area contributed by atoms with Crippen molar-refractivity contribution in [2.24, 2.45) is 0 Å². The molecule has 5 aromatic rings. The zero-order valence-electron chi connectivity index (χ0n) is 35.3. The molecule has 0 bridgehead atoms. The van der Waals surface area contributed by atoms with Gasteiger partial charge in [-0.1, -0.05) is 85.5 Å². The van der Waals surface area contributed by atoms with Gasteiger partial charge in [0.15, 0.2) is 0 Å². The minimum Gasteiger partial charge on any atom is -0.496 e. The van der Waals surface area contributed by atoms with Gasteiger partial charge >= 0.3 is 18.0 Å². The third kappa shape index (κ3) is 10.3. The largest absolute Gasteiger partial charge is 0.496 e. The highest BCUT2D eigenvalue weighted by Gasteiger charge is 2.42. The Morgan fingerprint density at radius 2 is 1.41 bits per heavy atom. The molecule has 2 amide bonds. The predicted molar refractivity (Wildman–Crippen MR) is 235 cm³/mol. The monoisotopic (exact) mass is 854 g/mol. The molecule has 5 aromatic carbocycles. The minimum atomic E-state index is -0.916. The van der Waals surface area contributed by atoms with Crippen LogP contribution in [0.1, 0.15) is 62.6 Å².